The lowest BCUT2D eigenvalue weighted by Gasteiger charge is -2.11. The van der Waals surface area contributed by atoms with Crippen LogP contribution in [-0.4, -0.2) is 8.80 Å². The summed E-state index contributed by atoms with van der Waals surface area (Å²) >= 11 is 0. The lowest BCUT2D eigenvalue weighted by atomic mass is 9.93. The maximum atomic E-state index is 7.17. The van der Waals surface area contributed by atoms with Gasteiger partial charge in [-0.2, -0.15) is 0 Å². The van der Waals surface area contributed by atoms with Crippen molar-refractivity contribution >= 4 is 77.0 Å². The van der Waals surface area contributed by atoms with E-state index in [1.165, 1.54) is 33.4 Å². The SMILES string of the molecule is c1ccc(-c2ccccc2-c2ccc3c(c2)c2c4oc5ccccc5n5c6ccc(-c7ccccc7-c7ccccc7)cc6c(c6oc7ccccc7n3c62)c45)cc1. The first-order valence-corrected chi connectivity index (χ1v) is 19.8. The van der Waals surface area contributed by atoms with Crippen LogP contribution in [-0.2, 0) is 0 Å². The highest BCUT2D eigenvalue weighted by molar-refractivity contribution is 6.35. The number of benzene rings is 9. The highest BCUT2D eigenvalue weighted by atomic mass is 16.3. The monoisotopic (exact) mass is 740 g/mol. The number of hydrogen-bond donors (Lipinski definition) is 0. The number of fused-ring (bicyclic) bond motifs is 12. The molecular weight excluding hydrogens is 709 g/mol. The van der Waals surface area contributed by atoms with Crippen LogP contribution >= 0.6 is 0 Å². The number of nitrogens with zero attached hydrogens (tertiary/aromatic N) is 2. The average molecular weight is 741 g/mol. The van der Waals surface area contributed by atoms with Gasteiger partial charge in [-0.25, -0.2) is 0 Å². The summed E-state index contributed by atoms with van der Waals surface area (Å²) in [6.45, 7) is 0. The Hall–Kier alpha value is -7.82. The summed E-state index contributed by atoms with van der Waals surface area (Å²) < 4.78 is 19.1. The molecule has 0 amide bonds. The summed E-state index contributed by atoms with van der Waals surface area (Å²) in [5.74, 6) is 0. The molecule has 4 heteroatoms. The Labute approximate surface area is 332 Å². The van der Waals surface area contributed by atoms with Gasteiger partial charge in [-0.3, -0.25) is 0 Å². The molecule has 0 aliphatic carbocycles. The zero-order valence-electron chi connectivity index (χ0n) is 31.2. The minimum Gasteiger partial charge on any atom is -0.452 e. The van der Waals surface area contributed by atoms with Crippen molar-refractivity contribution in [2.24, 2.45) is 0 Å². The van der Waals surface area contributed by atoms with Crippen molar-refractivity contribution in [1.29, 1.82) is 0 Å². The standard InChI is InChI=1S/C54H32N2O2/c1-3-15-33(16-4-1)37-19-7-9-21-39(37)35-27-29-43-41(31-35)49-51-54(58-47-25-13-11-23-45(47)55(43)51)50-42-32-36(40-22-10-8-20-38(40)34-17-5-2-6-18-34)28-30-44(42)56-46-24-12-14-26-48(46)57-53(49)52(50)56/h1-32H. The molecule has 0 bridgehead atoms. The van der Waals surface area contributed by atoms with Crippen molar-refractivity contribution < 1.29 is 8.83 Å². The van der Waals surface area contributed by atoms with Gasteiger partial charge in [0, 0.05) is 10.8 Å². The van der Waals surface area contributed by atoms with Crippen molar-refractivity contribution in [3.8, 4) is 44.5 Å². The van der Waals surface area contributed by atoms with Gasteiger partial charge in [0.1, 0.15) is 11.0 Å². The second-order valence-electron chi connectivity index (χ2n) is 15.2. The van der Waals surface area contributed by atoms with E-state index in [0.717, 1.165) is 88.1 Å². The first kappa shape index (κ1) is 31.4. The fraction of sp³-hybridized carbons (Fsp3) is 0. The van der Waals surface area contributed by atoms with Gasteiger partial charge in [0.15, 0.2) is 22.3 Å². The average Bonchev–Trinajstić information content (AvgIpc) is 3.83. The summed E-state index contributed by atoms with van der Waals surface area (Å²) in [5.41, 5.74) is 19.0. The van der Waals surface area contributed by atoms with Crippen molar-refractivity contribution in [3.63, 3.8) is 0 Å². The van der Waals surface area contributed by atoms with Crippen LogP contribution in [0.1, 0.15) is 0 Å². The largest absolute Gasteiger partial charge is 0.452 e. The molecule has 4 aromatic heterocycles. The molecule has 0 fully saturated rings. The highest BCUT2D eigenvalue weighted by Gasteiger charge is 2.28. The van der Waals surface area contributed by atoms with Crippen molar-refractivity contribution in [2.45, 2.75) is 0 Å². The van der Waals surface area contributed by atoms with Crippen LogP contribution in [0.25, 0.3) is 121 Å². The number of aromatic nitrogens is 2. The number of para-hydroxylation sites is 4. The molecule has 0 spiro atoms. The topological polar surface area (TPSA) is 35.1 Å². The second-order valence-corrected chi connectivity index (χ2v) is 15.2. The van der Waals surface area contributed by atoms with E-state index in [9.17, 15) is 0 Å². The van der Waals surface area contributed by atoms with E-state index in [2.05, 4.69) is 203 Å². The van der Waals surface area contributed by atoms with Gasteiger partial charge >= 0.3 is 0 Å². The molecule has 0 saturated heterocycles. The van der Waals surface area contributed by atoms with Crippen molar-refractivity contribution in [3.05, 3.63) is 194 Å². The first-order valence-electron chi connectivity index (χ1n) is 19.8. The molecule has 0 radical (unpaired) electrons. The van der Waals surface area contributed by atoms with E-state index in [1.54, 1.807) is 0 Å². The highest BCUT2D eigenvalue weighted by Crippen LogP contribution is 2.49. The predicted molar refractivity (Wildman–Crippen MR) is 240 cm³/mol. The Morgan fingerprint density at radius 1 is 0.293 bits per heavy atom. The fourth-order valence-corrected chi connectivity index (χ4v) is 9.63. The van der Waals surface area contributed by atoms with Gasteiger partial charge in [0.2, 0.25) is 0 Å². The zero-order chi connectivity index (χ0) is 37.9. The van der Waals surface area contributed by atoms with Crippen LogP contribution in [0.4, 0.5) is 0 Å². The minimum atomic E-state index is 0.825. The zero-order valence-corrected chi connectivity index (χ0v) is 31.2. The third-order valence-electron chi connectivity index (χ3n) is 12.1. The van der Waals surface area contributed by atoms with Crippen molar-refractivity contribution in [2.75, 3.05) is 0 Å². The maximum absolute atomic E-state index is 7.17. The molecule has 4 nitrogen and oxygen atoms in total. The molecule has 0 atom stereocenters. The van der Waals surface area contributed by atoms with Crippen LogP contribution in [0, 0.1) is 0 Å². The molecule has 270 valence electrons. The normalized spacial score (nSPS) is 12.1. The van der Waals surface area contributed by atoms with E-state index in [-0.39, 0.29) is 0 Å². The van der Waals surface area contributed by atoms with Gasteiger partial charge < -0.3 is 17.6 Å². The molecule has 0 unspecified atom stereocenters. The summed E-state index contributed by atoms with van der Waals surface area (Å²) in [5, 5.41) is 4.31. The van der Waals surface area contributed by atoms with Crippen LogP contribution in [0.3, 0.4) is 0 Å². The molecule has 13 aromatic rings. The van der Waals surface area contributed by atoms with Crippen LogP contribution in [0.2, 0.25) is 0 Å². The molecule has 9 aromatic carbocycles. The first-order chi connectivity index (χ1) is 28.8. The predicted octanol–water partition coefficient (Wildman–Crippen LogP) is 15.0. The second kappa shape index (κ2) is 11.8. The smallest absolute Gasteiger partial charge is 0.162 e. The van der Waals surface area contributed by atoms with Crippen LogP contribution < -0.4 is 0 Å². The van der Waals surface area contributed by atoms with E-state index in [4.69, 9.17) is 8.83 Å². The maximum Gasteiger partial charge on any atom is 0.162 e. The van der Waals surface area contributed by atoms with E-state index >= 15 is 0 Å². The van der Waals surface area contributed by atoms with Gasteiger partial charge in [0.05, 0.1) is 32.8 Å². The molecule has 4 heterocycles. The van der Waals surface area contributed by atoms with Crippen LogP contribution in [0.5, 0.6) is 0 Å². The Balaban J connectivity index is 1.21. The molecule has 0 saturated carbocycles. The summed E-state index contributed by atoms with van der Waals surface area (Å²) in [6.07, 6.45) is 0. The number of hydrogen-bond acceptors (Lipinski definition) is 2. The Morgan fingerprint density at radius 3 is 1.09 bits per heavy atom. The summed E-state index contributed by atoms with van der Waals surface area (Å²) in [4.78, 5) is 0. The van der Waals surface area contributed by atoms with E-state index in [1.807, 2.05) is 0 Å². The van der Waals surface area contributed by atoms with Gasteiger partial charge in [0.25, 0.3) is 0 Å². The number of rotatable bonds is 4. The van der Waals surface area contributed by atoms with Gasteiger partial charge in [-0.1, -0.05) is 146 Å². The minimum absolute atomic E-state index is 0.825. The Morgan fingerprint density at radius 2 is 0.655 bits per heavy atom. The molecule has 0 N–H and O–H groups in total. The molecule has 0 aliphatic heterocycles. The fourth-order valence-electron chi connectivity index (χ4n) is 9.63. The van der Waals surface area contributed by atoms with Gasteiger partial charge in [-0.05, 0) is 93.0 Å². The quantitative estimate of drug-likeness (QED) is 0.168. The third kappa shape index (κ3) is 4.29. The Bertz CT molecular complexity index is 3540. The van der Waals surface area contributed by atoms with Crippen molar-refractivity contribution in [1.82, 2.24) is 8.80 Å². The van der Waals surface area contributed by atoms with E-state index in [0.29, 0.717) is 0 Å². The lowest BCUT2D eigenvalue weighted by Crippen LogP contribution is -1.93. The third-order valence-corrected chi connectivity index (χ3v) is 12.1. The lowest BCUT2D eigenvalue weighted by molar-refractivity contribution is 0.653. The summed E-state index contributed by atoms with van der Waals surface area (Å²) in [6, 6.07) is 69.2. The van der Waals surface area contributed by atoms with Gasteiger partial charge in [-0.15, -0.1) is 0 Å². The molecular formula is C54H32N2O2. The molecule has 0 aliphatic rings. The van der Waals surface area contributed by atoms with E-state index < -0.39 is 0 Å². The molecule has 13 rings (SSSR count). The molecule has 58 heavy (non-hydrogen) atoms. The van der Waals surface area contributed by atoms with Crippen LogP contribution in [0.15, 0.2) is 203 Å². The summed E-state index contributed by atoms with van der Waals surface area (Å²) in [7, 11) is 0. The Kier molecular flexibility index (Phi) is 6.41.